The Morgan fingerprint density at radius 1 is 1.04 bits per heavy atom. The largest absolute Gasteiger partial charge is 0.338 e. The first-order valence-corrected chi connectivity index (χ1v) is 9.73. The summed E-state index contributed by atoms with van der Waals surface area (Å²) >= 11 is 1.38. The molecule has 2 fully saturated rings. The predicted octanol–water partition coefficient (Wildman–Crippen LogP) is 1.08. The van der Waals surface area contributed by atoms with E-state index in [-0.39, 0.29) is 11.8 Å². The fraction of sp³-hybridized carbons (Fsp3) is 0.471. The van der Waals surface area contributed by atoms with Gasteiger partial charge < -0.3 is 9.80 Å². The summed E-state index contributed by atoms with van der Waals surface area (Å²) in [6, 6.07) is 9.65. The molecule has 2 heterocycles. The number of nitrogens with zero attached hydrogens (tertiary/aromatic N) is 6. The van der Waals surface area contributed by atoms with Crippen LogP contribution in [0.4, 0.5) is 0 Å². The quantitative estimate of drug-likeness (QED) is 0.731. The average Bonchev–Trinajstić information content (AvgIpc) is 3.44. The predicted molar refractivity (Wildman–Crippen MR) is 95.7 cm³/mol. The standard InChI is InChI=1S/C17H20N6O2S/c24-15(12-26-17-18-19-20-23(17)14-6-7-14)21-8-10-22(11-9-21)16(25)13-4-2-1-3-5-13/h1-5,14H,6-12H2. The molecular formula is C17H20N6O2S. The van der Waals surface area contributed by atoms with Crippen LogP contribution in [0.1, 0.15) is 29.2 Å². The number of amides is 2. The number of hydrogen-bond donors (Lipinski definition) is 0. The van der Waals surface area contributed by atoms with Crippen molar-refractivity contribution in [2.75, 3.05) is 31.9 Å². The van der Waals surface area contributed by atoms with E-state index in [0.29, 0.717) is 48.7 Å². The van der Waals surface area contributed by atoms with Crippen LogP contribution in [0.25, 0.3) is 0 Å². The van der Waals surface area contributed by atoms with Crippen LogP contribution < -0.4 is 0 Å². The zero-order valence-electron chi connectivity index (χ0n) is 14.3. The maximum absolute atomic E-state index is 12.5. The molecule has 4 rings (SSSR count). The number of aromatic nitrogens is 4. The highest BCUT2D eigenvalue weighted by Crippen LogP contribution is 2.36. The van der Waals surface area contributed by atoms with Crippen LogP contribution >= 0.6 is 11.8 Å². The second kappa shape index (κ2) is 7.45. The average molecular weight is 372 g/mol. The van der Waals surface area contributed by atoms with Gasteiger partial charge >= 0.3 is 0 Å². The zero-order valence-corrected chi connectivity index (χ0v) is 15.1. The van der Waals surface area contributed by atoms with Crippen molar-refractivity contribution in [3.05, 3.63) is 35.9 Å². The third kappa shape index (κ3) is 3.72. The Hall–Kier alpha value is -2.42. The lowest BCUT2D eigenvalue weighted by atomic mass is 10.2. The van der Waals surface area contributed by atoms with Crippen LogP contribution in [-0.4, -0.2) is 73.8 Å². The van der Waals surface area contributed by atoms with Gasteiger partial charge in [0.2, 0.25) is 11.1 Å². The van der Waals surface area contributed by atoms with Gasteiger partial charge in [-0.1, -0.05) is 30.0 Å². The summed E-state index contributed by atoms with van der Waals surface area (Å²) in [7, 11) is 0. The minimum absolute atomic E-state index is 0.0238. The molecule has 1 aliphatic carbocycles. The van der Waals surface area contributed by atoms with E-state index in [0.717, 1.165) is 12.8 Å². The van der Waals surface area contributed by atoms with Gasteiger partial charge in [-0.05, 0) is 35.4 Å². The van der Waals surface area contributed by atoms with Crippen molar-refractivity contribution >= 4 is 23.6 Å². The van der Waals surface area contributed by atoms with E-state index in [1.165, 1.54) is 11.8 Å². The molecule has 9 heteroatoms. The summed E-state index contributed by atoms with van der Waals surface area (Å²) in [5, 5.41) is 12.4. The smallest absolute Gasteiger partial charge is 0.253 e. The monoisotopic (exact) mass is 372 g/mol. The molecule has 0 spiro atoms. The summed E-state index contributed by atoms with van der Waals surface area (Å²) < 4.78 is 1.81. The Balaban J connectivity index is 1.27. The Morgan fingerprint density at radius 2 is 1.73 bits per heavy atom. The minimum atomic E-state index is 0.0238. The Kier molecular flexibility index (Phi) is 4.87. The number of carbonyl (C=O) groups is 2. The van der Waals surface area contributed by atoms with Crippen LogP contribution in [-0.2, 0) is 4.79 Å². The molecule has 1 saturated heterocycles. The van der Waals surface area contributed by atoms with Gasteiger partial charge in [-0.15, -0.1) is 5.10 Å². The normalized spacial score (nSPS) is 17.4. The molecule has 1 saturated carbocycles. The molecule has 0 radical (unpaired) electrons. The van der Waals surface area contributed by atoms with E-state index in [2.05, 4.69) is 15.5 Å². The number of tetrazole rings is 1. The van der Waals surface area contributed by atoms with Crippen molar-refractivity contribution in [2.24, 2.45) is 0 Å². The van der Waals surface area contributed by atoms with E-state index >= 15 is 0 Å². The van der Waals surface area contributed by atoms with E-state index in [4.69, 9.17) is 0 Å². The van der Waals surface area contributed by atoms with Crippen LogP contribution in [0.15, 0.2) is 35.5 Å². The molecule has 0 bridgehead atoms. The summed E-state index contributed by atoms with van der Waals surface area (Å²) in [6.45, 7) is 2.24. The van der Waals surface area contributed by atoms with Gasteiger partial charge in [0, 0.05) is 31.7 Å². The first-order valence-electron chi connectivity index (χ1n) is 8.75. The van der Waals surface area contributed by atoms with Crippen molar-refractivity contribution in [1.29, 1.82) is 0 Å². The lowest BCUT2D eigenvalue weighted by Crippen LogP contribution is -2.51. The molecule has 0 unspecified atom stereocenters. The maximum atomic E-state index is 12.5. The molecule has 0 N–H and O–H groups in total. The molecule has 0 atom stereocenters. The lowest BCUT2D eigenvalue weighted by molar-refractivity contribution is -0.129. The number of carbonyl (C=O) groups excluding carboxylic acids is 2. The topological polar surface area (TPSA) is 84.2 Å². The fourth-order valence-corrected chi connectivity index (χ4v) is 3.82. The molecule has 1 aromatic carbocycles. The van der Waals surface area contributed by atoms with Crippen LogP contribution in [0, 0.1) is 0 Å². The summed E-state index contributed by atoms with van der Waals surface area (Å²) in [4.78, 5) is 28.5. The van der Waals surface area contributed by atoms with E-state index < -0.39 is 0 Å². The highest BCUT2D eigenvalue weighted by atomic mass is 32.2. The fourth-order valence-electron chi connectivity index (χ4n) is 2.97. The second-order valence-electron chi connectivity index (χ2n) is 6.46. The van der Waals surface area contributed by atoms with E-state index in [1.54, 1.807) is 4.90 Å². The molecule has 1 aromatic heterocycles. The van der Waals surface area contributed by atoms with Gasteiger partial charge in [0.25, 0.3) is 5.91 Å². The SMILES string of the molecule is O=C(CSc1nnnn1C1CC1)N1CCN(C(=O)c2ccccc2)CC1. The molecule has 2 aliphatic rings. The van der Waals surface area contributed by atoms with Crippen molar-refractivity contribution in [2.45, 2.75) is 24.0 Å². The summed E-state index contributed by atoms with van der Waals surface area (Å²) in [5.41, 5.74) is 0.690. The number of piperazine rings is 1. The van der Waals surface area contributed by atoms with E-state index in [9.17, 15) is 9.59 Å². The summed E-state index contributed by atoms with van der Waals surface area (Å²) in [5.74, 6) is 0.405. The zero-order chi connectivity index (χ0) is 17.9. The van der Waals surface area contributed by atoms with Crippen molar-refractivity contribution in [3.8, 4) is 0 Å². The maximum Gasteiger partial charge on any atom is 0.253 e. The number of benzene rings is 1. The first-order chi connectivity index (χ1) is 12.7. The number of thioether (sulfide) groups is 1. The van der Waals surface area contributed by atoms with Crippen molar-refractivity contribution < 1.29 is 9.59 Å². The first kappa shape index (κ1) is 17.0. The number of rotatable bonds is 5. The second-order valence-corrected chi connectivity index (χ2v) is 7.41. The summed E-state index contributed by atoms with van der Waals surface area (Å²) in [6.07, 6.45) is 2.20. The van der Waals surface area contributed by atoms with Crippen LogP contribution in [0.2, 0.25) is 0 Å². The molecule has 8 nitrogen and oxygen atoms in total. The highest BCUT2D eigenvalue weighted by molar-refractivity contribution is 7.99. The third-order valence-electron chi connectivity index (χ3n) is 4.62. The van der Waals surface area contributed by atoms with Crippen LogP contribution in [0.5, 0.6) is 0 Å². The minimum Gasteiger partial charge on any atom is -0.338 e. The van der Waals surface area contributed by atoms with E-state index in [1.807, 2.05) is 39.9 Å². The van der Waals surface area contributed by atoms with Gasteiger partial charge in [-0.25, -0.2) is 4.68 Å². The Morgan fingerprint density at radius 3 is 2.42 bits per heavy atom. The van der Waals surface area contributed by atoms with Gasteiger partial charge in [0.15, 0.2) is 0 Å². The third-order valence-corrected chi connectivity index (χ3v) is 5.54. The lowest BCUT2D eigenvalue weighted by Gasteiger charge is -2.34. The highest BCUT2D eigenvalue weighted by Gasteiger charge is 2.29. The van der Waals surface area contributed by atoms with Gasteiger partial charge in [0.1, 0.15) is 0 Å². The molecule has 136 valence electrons. The molecule has 1 aliphatic heterocycles. The molecule has 26 heavy (non-hydrogen) atoms. The van der Waals surface area contributed by atoms with Gasteiger partial charge in [0.05, 0.1) is 11.8 Å². The van der Waals surface area contributed by atoms with Crippen molar-refractivity contribution in [3.63, 3.8) is 0 Å². The van der Waals surface area contributed by atoms with Gasteiger partial charge in [-0.2, -0.15) is 0 Å². The molecule has 2 amide bonds. The number of hydrogen-bond acceptors (Lipinski definition) is 6. The van der Waals surface area contributed by atoms with Crippen LogP contribution in [0.3, 0.4) is 0 Å². The molecule has 2 aromatic rings. The van der Waals surface area contributed by atoms with Gasteiger partial charge in [-0.3, -0.25) is 9.59 Å². The Bertz CT molecular complexity index is 784. The van der Waals surface area contributed by atoms with Crippen molar-refractivity contribution in [1.82, 2.24) is 30.0 Å². The molecular weight excluding hydrogens is 352 g/mol. The Labute approximate surface area is 155 Å².